The molecule has 0 aliphatic heterocycles. The van der Waals surface area contributed by atoms with Crippen molar-refractivity contribution < 1.29 is 17.6 Å². The molecule has 8 heteroatoms. The van der Waals surface area contributed by atoms with E-state index >= 15 is 0 Å². The van der Waals surface area contributed by atoms with Crippen molar-refractivity contribution in [2.45, 2.75) is 49.6 Å². The Kier molecular flexibility index (Phi) is 4.36. The average Bonchev–Trinajstić information content (AvgIpc) is 2.51. The van der Waals surface area contributed by atoms with Gasteiger partial charge in [-0.25, -0.2) is 13.1 Å². The summed E-state index contributed by atoms with van der Waals surface area (Å²) >= 11 is 0. The molecule has 126 valence electrons. The zero-order chi connectivity index (χ0) is 16.4. The molecule has 2 aromatic rings. The van der Waals surface area contributed by atoms with Crippen LogP contribution in [-0.4, -0.2) is 20.5 Å². The topological polar surface area (TPSA) is 110 Å². The Balaban J connectivity index is 1.67. The van der Waals surface area contributed by atoms with E-state index in [1.54, 1.807) is 31.2 Å². The summed E-state index contributed by atoms with van der Waals surface area (Å²) < 4.78 is 36.9. The fourth-order valence-electron chi connectivity index (χ4n) is 2.76. The molecule has 1 aromatic carbocycles. The van der Waals surface area contributed by atoms with Crippen molar-refractivity contribution in [3.8, 4) is 0 Å². The van der Waals surface area contributed by atoms with Crippen LogP contribution in [0.25, 0.3) is 0 Å². The van der Waals surface area contributed by atoms with Gasteiger partial charge in [0.15, 0.2) is 0 Å². The Labute approximate surface area is 135 Å². The highest BCUT2D eigenvalue weighted by molar-refractivity contribution is 7.92. The molecule has 1 fully saturated rings. The van der Waals surface area contributed by atoms with E-state index in [1.165, 1.54) is 0 Å². The summed E-state index contributed by atoms with van der Waals surface area (Å²) in [6.07, 6.45) is 3.73. The molecular formula is C15H21N3O4S. The molecule has 1 aliphatic carbocycles. The molecule has 1 saturated carbocycles. The van der Waals surface area contributed by atoms with Crippen LogP contribution in [0, 0.1) is 6.92 Å². The lowest BCUT2D eigenvalue weighted by atomic mass is 9.92. The van der Waals surface area contributed by atoms with Crippen LogP contribution < -0.4 is 15.8 Å². The molecule has 7 nitrogen and oxygen atoms in total. The molecular weight excluding hydrogens is 318 g/mol. The molecule has 0 saturated heterocycles. The molecule has 1 heterocycles. The molecule has 0 bridgehead atoms. The molecule has 3 rings (SSSR count). The maximum atomic E-state index is 12.4. The Morgan fingerprint density at radius 2 is 1.74 bits per heavy atom. The van der Waals surface area contributed by atoms with Crippen molar-refractivity contribution in [1.82, 2.24) is 0 Å². The Morgan fingerprint density at radius 1 is 1.09 bits per heavy atom. The van der Waals surface area contributed by atoms with Crippen LogP contribution in [0.5, 0.6) is 0 Å². The van der Waals surface area contributed by atoms with Gasteiger partial charge >= 0.3 is 11.8 Å². The summed E-state index contributed by atoms with van der Waals surface area (Å²) in [4.78, 5) is 0.214. The molecule has 23 heavy (non-hydrogen) atoms. The van der Waals surface area contributed by atoms with Crippen molar-refractivity contribution in [1.29, 1.82) is 0 Å². The summed E-state index contributed by atoms with van der Waals surface area (Å²) in [5.41, 5.74) is 6.54. The number of aryl methyl sites for hydroxylation is 1. The minimum Gasteiger partial charge on any atom is -0.345 e. The van der Waals surface area contributed by atoms with E-state index in [9.17, 15) is 8.42 Å². The van der Waals surface area contributed by atoms with Crippen LogP contribution in [0.2, 0.25) is 0 Å². The van der Waals surface area contributed by atoms with Gasteiger partial charge in [-0.05, 0) is 44.2 Å². The van der Waals surface area contributed by atoms with Gasteiger partial charge in [0.25, 0.3) is 10.0 Å². The first-order valence-corrected chi connectivity index (χ1v) is 9.13. The van der Waals surface area contributed by atoms with E-state index in [0.29, 0.717) is 11.4 Å². The van der Waals surface area contributed by atoms with E-state index in [0.717, 1.165) is 25.7 Å². The maximum Gasteiger partial charge on any atom is 0.323 e. The van der Waals surface area contributed by atoms with Gasteiger partial charge in [0, 0.05) is 12.1 Å². The summed E-state index contributed by atoms with van der Waals surface area (Å²) in [6, 6.07) is 7.22. The molecule has 0 unspecified atom stereocenters. The van der Waals surface area contributed by atoms with Crippen LogP contribution in [0.3, 0.4) is 0 Å². The Hall–Kier alpha value is -1.93. The molecule has 0 atom stereocenters. The van der Waals surface area contributed by atoms with Crippen molar-refractivity contribution in [3.63, 3.8) is 0 Å². The lowest BCUT2D eigenvalue weighted by Gasteiger charge is -2.27. The molecule has 1 aromatic heterocycles. The van der Waals surface area contributed by atoms with Gasteiger partial charge in [-0.15, -0.1) is 0 Å². The molecule has 1 aliphatic rings. The molecule has 0 spiro atoms. The second kappa shape index (κ2) is 6.29. The smallest absolute Gasteiger partial charge is 0.323 e. The second-order valence-electron chi connectivity index (χ2n) is 5.95. The predicted octanol–water partition coefficient (Wildman–Crippen LogP) is 2.66. The van der Waals surface area contributed by atoms with Gasteiger partial charge in [-0.1, -0.05) is 18.2 Å². The number of benzene rings is 1. The standard InChI is InChI=1S/C15H21N3O4S/c1-10-4-2-3-5-13(10)23(19,20)18-15-14(21-22-15)17-12-8-6-11(16)7-9-12/h2-5,11-12,17-18H,6-9,16H2,1H3. The number of sulfonamides is 1. The van der Waals surface area contributed by atoms with E-state index in [4.69, 9.17) is 14.9 Å². The van der Waals surface area contributed by atoms with E-state index < -0.39 is 10.0 Å². The highest BCUT2D eigenvalue weighted by atomic mass is 32.2. The number of rotatable bonds is 5. The monoisotopic (exact) mass is 339 g/mol. The summed E-state index contributed by atoms with van der Waals surface area (Å²) in [6.45, 7) is 1.74. The molecule has 4 N–H and O–H groups in total. The van der Waals surface area contributed by atoms with Crippen LogP contribution >= 0.6 is 0 Å². The minimum atomic E-state index is -3.71. The van der Waals surface area contributed by atoms with Gasteiger partial charge in [-0.3, -0.25) is 9.15 Å². The third-order valence-electron chi connectivity index (χ3n) is 4.13. The predicted molar refractivity (Wildman–Crippen MR) is 86.8 cm³/mol. The highest BCUT2D eigenvalue weighted by Gasteiger charge is 2.27. The van der Waals surface area contributed by atoms with Gasteiger partial charge in [0.2, 0.25) is 0 Å². The summed E-state index contributed by atoms with van der Waals surface area (Å²) in [5.74, 6) is 0.408. The Bertz CT molecular complexity index is 757. The van der Waals surface area contributed by atoms with E-state index in [-0.39, 0.29) is 22.9 Å². The lowest BCUT2D eigenvalue weighted by Crippen LogP contribution is -2.33. The maximum absolute atomic E-state index is 12.4. The highest BCUT2D eigenvalue weighted by Crippen LogP contribution is 2.32. The first-order chi connectivity index (χ1) is 11.0. The van der Waals surface area contributed by atoms with Gasteiger partial charge in [0.1, 0.15) is 0 Å². The fourth-order valence-corrected chi connectivity index (χ4v) is 3.99. The minimum absolute atomic E-state index is 0.0862. The largest absolute Gasteiger partial charge is 0.345 e. The van der Waals surface area contributed by atoms with Gasteiger partial charge < -0.3 is 11.1 Å². The first-order valence-electron chi connectivity index (χ1n) is 7.65. The van der Waals surface area contributed by atoms with Crippen LogP contribution in [-0.2, 0) is 10.0 Å². The quantitative estimate of drug-likeness (QED) is 0.722. The number of hydrogen-bond acceptors (Lipinski definition) is 6. The lowest BCUT2D eigenvalue weighted by molar-refractivity contribution is 0.0286. The zero-order valence-electron chi connectivity index (χ0n) is 12.9. The van der Waals surface area contributed by atoms with E-state index in [1.807, 2.05) is 0 Å². The fraction of sp³-hybridized carbons (Fsp3) is 0.467. The van der Waals surface area contributed by atoms with E-state index in [2.05, 4.69) is 10.0 Å². The Morgan fingerprint density at radius 3 is 2.35 bits per heavy atom. The van der Waals surface area contributed by atoms with Crippen molar-refractivity contribution in [3.05, 3.63) is 29.8 Å². The summed E-state index contributed by atoms with van der Waals surface area (Å²) in [7, 11) is -3.71. The molecule has 0 radical (unpaired) electrons. The summed E-state index contributed by atoms with van der Waals surface area (Å²) in [5, 5.41) is 3.16. The van der Waals surface area contributed by atoms with Crippen molar-refractivity contribution in [2.24, 2.45) is 5.73 Å². The second-order valence-corrected chi connectivity index (χ2v) is 7.60. The number of hydrogen-bond donors (Lipinski definition) is 3. The third kappa shape index (κ3) is 3.53. The third-order valence-corrected chi connectivity index (χ3v) is 5.62. The molecule has 0 amide bonds. The SMILES string of the molecule is Cc1ccccc1S(=O)(=O)Nc1ooc1NC1CCC(N)CC1. The average molecular weight is 339 g/mol. The normalized spacial score (nSPS) is 22.0. The van der Waals surface area contributed by atoms with Crippen LogP contribution in [0.1, 0.15) is 31.2 Å². The van der Waals surface area contributed by atoms with Crippen LogP contribution in [0.15, 0.2) is 38.3 Å². The van der Waals surface area contributed by atoms with Gasteiger partial charge in [-0.2, -0.15) is 0 Å². The zero-order valence-corrected chi connectivity index (χ0v) is 13.7. The van der Waals surface area contributed by atoms with Crippen molar-refractivity contribution >= 4 is 21.8 Å². The van der Waals surface area contributed by atoms with Crippen molar-refractivity contribution in [2.75, 3.05) is 10.0 Å². The number of nitrogens with one attached hydrogen (secondary N) is 2. The first kappa shape index (κ1) is 15.9. The number of anilines is 2. The number of nitrogens with two attached hydrogens (primary N) is 1. The van der Waals surface area contributed by atoms with Crippen LogP contribution in [0.4, 0.5) is 11.8 Å². The van der Waals surface area contributed by atoms with Gasteiger partial charge in [0.05, 0.1) is 4.90 Å².